The number of carbonyl (C=O) groups excluding carboxylic acids is 2. The number of amides is 2. The number of hydrogen-bond acceptors (Lipinski definition) is 4. The molecule has 0 atom stereocenters. The third kappa shape index (κ3) is 5.58. The summed E-state index contributed by atoms with van der Waals surface area (Å²) in [6.07, 6.45) is 4.39. The molecule has 0 unspecified atom stereocenters. The molecule has 2 amide bonds. The lowest BCUT2D eigenvalue weighted by Crippen LogP contribution is -2.24. The van der Waals surface area contributed by atoms with E-state index in [1.165, 1.54) is 12.3 Å². The van der Waals surface area contributed by atoms with Crippen molar-refractivity contribution in [2.45, 2.75) is 32.6 Å². The molecule has 0 aliphatic carbocycles. The number of rotatable bonds is 8. The smallest absolute Gasteiger partial charge is 0.289 e. The van der Waals surface area contributed by atoms with E-state index in [0.29, 0.717) is 13.0 Å². The maximum absolute atomic E-state index is 11.9. The van der Waals surface area contributed by atoms with Gasteiger partial charge in [0.15, 0.2) is 0 Å². The van der Waals surface area contributed by atoms with Crippen LogP contribution in [0.2, 0.25) is 0 Å². The van der Waals surface area contributed by atoms with E-state index in [0.717, 1.165) is 30.5 Å². The van der Waals surface area contributed by atoms with E-state index in [1.807, 2.05) is 31.2 Å². The van der Waals surface area contributed by atoms with Crippen molar-refractivity contribution < 1.29 is 14.1 Å². The van der Waals surface area contributed by atoms with Crippen LogP contribution in [0.5, 0.6) is 0 Å². The van der Waals surface area contributed by atoms with Gasteiger partial charge in [-0.25, -0.2) is 0 Å². The summed E-state index contributed by atoms with van der Waals surface area (Å²) in [5.41, 5.74) is 1.91. The minimum atomic E-state index is -0.264. The second-order valence-electron chi connectivity index (χ2n) is 5.31. The van der Waals surface area contributed by atoms with Crippen LogP contribution in [0.3, 0.4) is 0 Å². The normalized spacial score (nSPS) is 10.3. The predicted molar refractivity (Wildman–Crippen MR) is 87.1 cm³/mol. The number of unbranched alkanes of at least 4 members (excludes halogenated alkanes) is 2. The lowest BCUT2D eigenvalue weighted by molar-refractivity contribution is -0.116. The standard InChI is InChI=1S/C17H21N3O3/c1-13-7-4-5-8-14(13)20-16(21)9-3-2-6-11-18-17(22)15-10-12-19-23-15/h4-5,7-8,10,12H,2-3,6,9,11H2,1H3,(H,18,22)(H,20,21). The average Bonchev–Trinajstić information content (AvgIpc) is 3.07. The van der Waals surface area contributed by atoms with Gasteiger partial charge in [-0.3, -0.25) is 9.59 Å². The van der Waals surface area contributed by atoms with Gasteiger partial charge >= 0.3 is 0 Å². The Morgan fingerprint density at radius 1 is 1.13 bits per heavy atom. The Labute approximate surface area is 135 Å². The zero-order chi connectivity index (χ0) is 16.5. The summed E-state index contributed by atoms with van der Waals surface area (Å²) in [7, 11) is 0. The highest BCUT2D eigenvalue weighted by atomic mass is 16.5. The topological polar surface area (TPSA) is 84.2 Å². The van der Waals surface area contributed by atoms with Crippen molar-refractivity contribution in [3.05, 3.63) is 47.9 Å². The number of carbonyl (C=O) groups is 2. The number of aryl methyl sites for hydroxylation is 1. The molecule has 2 rings (SSSR count). The lowest BCUT2D eigenvalue weighted by Gasteiger charge is -2.08. The van der Waals surface area contributed by atoms with Crippen molar-refractivity contribution in [3.8, 4) is 0 Å². The number of nitrogens with one attached hydrogen (secondary N) is 2. The fourth-order valence-electron chi connectivity index (χ4n) is 2.14. The zero-order valence-corrected chi connectivity index (χ0v) is 13.2. The van der Waals surface area contributed by atoms with E-state index in [-0.39, 0.29) is 17.6 Å². The van der Waals surface area contributed by atoms with Crippen LogP contribution >= 0.6 is 0 Å². The number of hydrogen-bond donors (Lipinski definition) is 2. The Morgan fingerprint density at radius 3 is 2.70 bits per heavy atom. The van der Waals surface area contributed by atoms with Crippen LogP contribution in [-0.4, -0.2) is 23.5 Å². The molecule has 2 N–H and O–H groups in total. The first-order valence-corrected chi connectivity index (χ1v) is 7.71. The summed E-state index contributed by atoms with van der Waals surface area (Å²) < 4.78 is 4.76. The third-order valence-electron chi connectivity index (χ3n) is 3.45. The number of benzene rings is 1. The molecule has 122 valence electrons. The predicted octanol–water partition coefficient (Wildman–Crippen LogP) is 2.91. The first-order valence-electron chi connectivity index (χ1n) is 7.71. The minimum absolute atomic E-state index is 0.0185. The van der Waals surface area contributed by atoms with Crippen LogP contribution in [0.15, 0.2) is 41.1 Å². The van der Waals surface area contributed by atoms with Crippen molar-refractivity contribution in [2.75, 3.05) is 11.9 Å². The van der Waals surface area contributed by atoms with E-state index < -0.39 is 0 Å². The number of aromatic nitrogens is 1. The summed E-state index contributed by atoms with van der Waals surface area (Å²) >= 11 is 0. The monoisotopic (exact) mass is 315 g/mol. The molecule has 0 fully saturated rings. The zero-order valence-electron chi connectivity index (χ0n) is 13.2. The van der Waals surface area contributed by atoms with E-state index >= 15 is 0 Å². The lowest BCUT2D eigenvalue weighted by atomic mass is 10.1. The van der Waals surface area contributed by atoms with Crippen LogP contribution in [0.1, 0.15) is 41.8 Å². The molecule has 2 aromatic rings. The van der Waals surface area contributed by atoms with Gasteiger partial charge in [0.2, 0.25) is 11.7 Å². The molecule has 1 heterocycles. The maximum atomic E-state index is 11.9. The Hall–Kier alpha value is -2.63. The van der Waals surface area contributed by atoms with Gasteiger partial charge in [0, 0.05) is 24.7 Å². The first kappa shape index (κ1) is 16.7. The highest BCUT2D eigenvalue weighted by molar-refractivity contribution is 5.91. The molecule has 0 aliphatic heterocycles. The summed E-state index contributed by atoms with van der Waals surface area (Å²) in [6.45, 7) is 2.52. The van der Waals surface area contributed by atoms with Crippen LogP contribution in [0, 0.1) is 6.92 Å². The van der Waals surface area contributed by atoms with Gasteiger partial charge in [-0.15, -0.1) is 0 Å². The van der Waals surface area contributed by atoms with Crippen molar-refractivity contribution in [2.24, 2.45) is 0 Å². The van der Waals surface area contributed by atoms with E-state index in [4.69, 9.17) is 4.52 Å². The Kier molecular flexibility index (Phi) is 6.35. The van der Waals surface area contributed by atoms with Gasteiger partial charge < -0.3 is 15.2 Å². The highest BCUT2D eigenvalue weighted by Crippen LogP contribution is 2.13. The molecule has 0 bridgehead atoms. The molecule has 6 nitrogen and oxygen atoms in total. The van der Waals surface area contributed by atoms with Crippen molar-refractivity contribution in [1.29, 1.82) is 0 Å². The van der Waals surface area contributed by atoms with Gasteiger partial charge in [0.1, 0.15) is 0 Å². The van der Waals surface area contributed by atoms with Crippen molar-refractivity contribution in [1.82, 2.24) is 10.5 Å². The summed E-state index contributed by atoms with van der Waals surface area (Å²) in [5.74, 6) is -0.0348. The van der Waals surface area contributed by atoms with Gasteiger partial charge in [-0.05, 0) is 31.4 Å². The summed E-state index contributed by atoms with van der Waals surface area (Å²) in [4.78, 5) is 23.4. The second-order valence-corrected chi connectivity index (χ2v) is 5.31. The van der Waals surface area contributed by atoms with E-state index in [9.17, 15) is 9.59 Å². The van der Waals surface area contributed by atoms with Crippen molar-refractivity contribution in [3.63, 3.8) is 0 Å². The summed E-state index contributed by atoms with van der Waals surface area (Å²) in [5, 5.41) is 9.14. The van der Waals surface area contributed by atoms with Crippen LogP contribution in [0.4, 0.5) is 5.69 Å². The fourth-order valence-corrected chi connectivity index (χ4v) is 2.14. The van der Waals surface area contributed by atoms with Crippen LogP contribution in [-0.2, 0) is 4.79 Å². The molecule has 1 aromatic carbocycles. The van der Waals surface area contributed by atoms with Gasteiger partial charge in [-0.1, -0.05) is 29.8 Å². The molecule has 0 aliphatic rings. The van der Waals surface area contributed by atoms with Crippen LogP contribution in [0.25, 0.3) is 0 Å². The Balaban J connectivity index is 1.56. The molecule has 0 radical (unpaired) electrons. The molecule has 1 aromatic heterocycles. The van der Waals surface area contributed by atoms with Gasteiger partial charge in [0.05, 0.1) is 6.20 Å². The molecule has 6 heteroatoms. The summed E-state index contributed by atoms with van der Waals surface area (Å²) in [6, 6.07) is 9.22. The largest absolute Gasteiger partial charge is 0.351 e. The number of nitrogens with zero attached hydrogens (tertiary/aromatic N) is 1. The molecule has 23 heavy (non-hydrogen) atoms. The average molecular weight is 315 g/mol. The van der Waals surface area contributed by atoms with Crippen molar-refractivity contribution >= 4 is 17.5 Å². The van der Waals surface area contributed by atoms with E-state index in [1.54, 1.807) is 0 Å². The van der Waals surface area contributed by atoms with Crippen LogP contribution < -0.4 is 10.6 Å². The fraction of sp³-hybridized carbons (Fsp3) is 0.353. The molecular weight excluding hydrogens is 294 g/mol. The SMILES string of the molecule is Cc1ccccc1NC(=O)CCCCCNC(=O)c1ccno1. The molecule has 0 spiro atoms. The highest BCUT2D eigenvalue weighted by Gasteiger charge is 2.08. The van der Waals surface area contributed by atoms with E-state index in [2.05, 4.69) is 15.8 Å². The maximum Gasteiger partial charge on any atom is 0.289 e. The van der Waals surface area contributed by atoms with Gasteiger partial charge in [0.25, 0.3) is 5.91 Å². The number of para-hydroxylation sites is 1. The Bertz CT molecular complexity index is 638. The Morgan fingerprint density at radius 2 is 1.96 bits per heavy atom. The first-order chi connectivity index (χ1) is 11.2. The molecule has 0 saturated heterocycles. The quantitative estimate of drug-likeness (QED) is 0.734. The minimum Gasteiger partial charge on any atom is -0.351 e. The second kappa shape index (κ2) is 8.73. The molecule has 0 saturated carbocycles. The molecular formula is C17H21N3O3. The number of anilines is 1. The van der Waals surface area contributed by atoms with Gasteiger partial charge in [-0.2, -0.15) is 0 Å². The third-order valence-corrected chi connectivity index (χ3v) is 3.45.